The van der Waals surface area contributed by atoms with Gasteiger partial charge in [-0.2, -0.15) is 4.37 Å². The zero-order valence-electron chi connectivity index (χ0n) is 16.2. The van der Waals surface area contributed by atoms with Gasteiger partial charge in [0.2, 0.25) is 0 Å². The fraction of sp³-hybridized carbons (Fsp3) is 0.227. The highest BCUT2D eigenvalue weighted by Crippen LogP contribution is 2.34. The first-order valence-corrected chi connectivity index (χ1v) is 10.4. The lowest BCUT2D eigenvalue weighted by Gasteiger charge is -2.36. The fourth-order valence-electron chi connectivity index (χ4n) is 3.73. The van der Waals surface area contributed by atoms with E-state index in [-0.39, 0.29) is 0 Å². The van der Waals surface area contributed by atoms with Crippen LogP contribution < -0.4 is 14.5 Å². The van der Waals surface area contributed by atoms with E-state index in [9.17, 15) is 0 Å². The number of methoxy groups -OCH3 is 1. The van der Waals surface area contributed by atoms with Gasteiger partial charge in [0.25, 0.3) is 0 Å². The van der Waals surface area contributed by atoms with E-state index in [0.29, 0.717) is 0 Å². The van der Waals surface area contributed by atoms with Gasteiger partial charge in [-0.05, 0) is 35.8 Å². The van der Waals surface area contributed by atoms with Crippen molar-refractivity contribution in [2.75, 3.05) is 43.1 Å². The lowest BCUT2D eigenvalue weighted by Crippen LogP contribution is -2.46. The maximum Gasteiger partial charge on any atom is 0.151 e. The molecule has 2 aromatic carbocycles. The Balaban J connectivity index is 1.37. The van der Waals surface area contributed by atoms with Crippen molar-refractivity contribution in [2.45, 2.75) is 0 Å². The van der Waals surface area contributed by atoms with Gasteiger partial charge in [-0.15, -0.1) is 0 Å². The van der Waals surface area contributed by atoms with Gasteiger partial charge in [0.05, 0.1) is 7.11 Å². The van der Waals surface area contributed by atoms with Crippen molar-refractivity contribution in [3.05, 3.63) is 60.9 Å². The molecule has 0 unspecified atom stereocenters. The molecule has 2 aromatic heterocycles. The number of hydrogen-bond acceptors (Lipinski definition) is 7. The molecule has 146 valence electrons. The Morgan fingerprint density at radius 3 is 2.31 bits per heavy atom. The molecule has 0 atom stereocenters. The average Bonchev–Trinajstić information content (AvgIpc) is 3.24. The molecule has 29 heavy (non-hydrogen) atoms. The lowest BCUT2D eigenvalue weighted by atomic mass is 10.1. The molecule has 1 fully saturated rings. The number of hydrogen-bond donors (Lipinski definition) is 0. The van der Waals surface area contributed by atoms with Crippen molar-refractivity contribution >= 4 is 33.3 Å². The third kappa shape index (κ3) is 3.38. The van der Waals surface area contributed by atoms with Gasteiger partial charge in [0.1, 0.15) is 28.0 Å². The Morgan fingerprint density at radius 2 is 1.59 bits per heavy atom. The number of benzene rings is 2. The summed E-state index contributed by atoms with van der Waals surface area (Å²) in [6.07, 6.45) is 1.66. The molecule has 1 aliphatic rings. The molecule has 0 amide bonds. The van der Waals surface area contributed by atoms with Crippen LogP contribution in [-0.2, 0) is 0 Å². The van der Waals surface area contributed by atoms with E-state index in [1.165, 1.54) is 17.2 Å². The standard InChI is InChI=1S/C22H21N5OS/c1-28-18-9-7-17(8-10-18)26-11-13-27(14-12-26)22-21-20(23-15-24-22)19(25-29-21)16-5-3-2-4-6-16/h2-10,15H,11-14H2,1H3. The summed E-state index contributed by atoms with van der Waals surface area (Å²) in [5, 5.41) is 0. The van der Waals surface area contributed by atoms with Crippen molar-refractivity contribution < 1.29 is 4.74 Å². The summed E-state index contributed by atoms with van der Waals surface area (Å²) in [5.41, 5.74) is 4.19. The van der Waals surface area contributed by atoms with Crippen LogP contribution in [0.2, 0.25) is 0 Å². The number of ether oxygens (including phenoxy) is 1. The van der Waals surface area contributed by atoms with Crippen LogP contribution in [0.15, 0.2) is 60.9 Å². The first-order valence-electron chi connectivity index (χ1n) is 9.63. The van der Waals surface area contributed by atoms with Crippen LogP contribution in [0.5, 0.6) is 5.75 Å². The average molecular weight is 404 g/mol. The normalized spacial score (nSPS) is 14.4. The molecule has 6 nitrogen and oxygen atoms in total. The predicted octanol–water partition coefficient (Wildman–Crippen LogP) is 4.09. The zero-order chi connectivity index (χ0) is 19.6. The summed E-state index contributed by atoms with van der Waals surface area (Å²) < 4.78 is 11.0. The monoisotopic (exact) mass is 403 g/mol. The van der Waals surface area contributed by atoms with E-state index in [1.807, 2.05) is 30.3 Å². The summed E-state index contributed by atoms with van der Waals surface area (Å²) in [5.74, 6) is 1.87. The maximum absolute atomic E-state index is 5.26. The number of aromatic nitrogens is 3. The van der Waals surface area contributed by atoms with Gasteiger partial charge in [-0.1, -0.05) is 30.3 Å². The summed E-state index contributed by atoms with van der Waals surface area (Å²) in [6.45, 7) is 3.72. The second kappa shape index (κ2) is 7.67. The van der Waals surface area contributed by atoms with E-state index in [0.717, 1.165) is 59.2 Å². The topological polar surface area (TPSA) is 54.4 Å². The van der Waals surface area contributed by atoms with Crippen molar-refractivity contribution in [2.24, 2.45) is 0 Å². The lowest BCUT2D eigenvalue weighted by molar-refractivity contribution is 0.415. The minimum Gasteiger partial charge on any atom is -0.497 e. The van der Waals surface area contributed by atoms with Gasteiger partial charge in [0.15, 0.2) is 5.82 Å². The Kier molecular flexibility index (Phi) is 4.73. The van der Waals surface area contributed by atoms with Crippen LogP contribution in [0.1, 0.15) is 0 Å². The van der Waals surface area contributed by atoms with E-state index in [2.05, 4.69) is 44.0 Å². The van der Waals surface area contributed by atoms with Gasteiger partial charge < -0.3 is 14.5 Å². The highest BCUT2D eigenvalue weighted by molar-refractivity contribution is 7.14. The van der Waals surface area contributed by atoms with Crippen LogP contribution in [0.25, 0.3) is 21.5 Å². The maximum atomic E-state index is 5.26. The van der Waals surface area contributed by atoms with Crippen LogP contribution in [-0.4, -0.2) is 47.6 Å². The Bertz CT molecular complexity index is 1110. The second-order valence-electron chi connectivity index (χ2n) is 6.94. The first kappa shape index (κ1) is 17.9. The number of fused-ring (bicyclic) bond motifs is 1. The predicted molar refractivity (Wildman–Crippen MR) is 118 cm³/mol. The Morgan fingerprint density at radius 1 is 0.862 bits per heavy atom. The van der Waals surface area contributed by atoms with Gasteiger partial charge in [-0.3, -0.25) is 0 Å². The molecule has 0 spiro atoms. The smallest absolute Gasteiger partial charge is 0.151 e. The van der Waals surface area contributed by atoms with E-state index >= 15 is 0 Å². The molecule has 0 aliphatic carbocycles. The minimum atomic E-state index is 0.884. The zero-order valence-corrected chi connectivity index (χ0v) is 17.0. The minimum absolute atomic E-state index is 0.884. The van der Waals surface area contributed by atoms with Crippen molar-refractivity contribution in [1.29, 1.82) is 0 Å². The van der Waals surface area contributed by atoms with Crippen molar-refractivity contribution in [3.63, 3.8) is 0 Å². The van der Waals surface area contributed by atoms with E-state index in [4.69, 9.17) is 9.11 Å². The fourth-order valence-corrected chi connectivity index (χ4v) is 4.61. The molecule has 0 N–H and O–H groups in total. The van der Waals surface area contributed by atoms with Crippen LogP contribution >= 0.6 is 11.5 Å². The Hall–Kier alpha value is -3.19. The summed E-state index contributed by atoms with van der Waals surface area (Å²) in [7, 11) is 1.69. The van der Waals surface area contributed by atoms with Gasteiger partial charge in [0, 0.05) is 37.4 Å². The molecule has 5 rings (SSSR count). The number of anilines is 2. The van der Waals surface area contributed by atoms with Gasteiger partial charge >= 0.3 is 0 Å². The van der Waals surface area contributed by atoms with Crippen LogP contribution in [0, 0.1) is 0 Å². The molecule has 7 heteroatoms. The molecular weight excluding hydrogens is 382 g/mol. The molecule has 0 bridgehead atoms. The molecule has 1 aliphatic heterocycles. The van der Waals surface area contributed by atoms with Crippen molar-refractivity contribution in [1.82, 2.24) is 14.3 Å². The van der Waals surface area contributed by atoms with Crippen LogP contribution in [0.3, 0.4) is 0 Å². The summed E-state index contributed by atoms with van der Waals surface area (Å²) in [6, 6.07) is 18.5. The highest BCUT2D eigenvalue weighted by Gasteiger charge is 2.22. The van der Waals surface area contributed by atoms with E-state index < -0.39 is 0 Å². The quantitative estimate of drug-likeness (QED) is 0.512. The molecule has 4 aromatic rings. The Labute approximate surface area is 173 Å². The molecular formula is C22H21N5OS. The van der Waals surface area contributed by atoms with Gasteiger partial charge in [-0.25, -0.2) is 9.97 Å². The molecule has 3 heterocycles. The largest absolute Gasteiger partial charge is 0.497 e. The summed E-state index contributed by atoms with van der Waals surface area (Å²) >= 11 is 1.49. The second-order valence-corrected chi connectivity index (χ2v) is 7.72. The molecule has 0 radical (unpaired) electrons. The van der Waals surface area contributed by atoms with Crippen LogP contribution in [0.4, 0.5) is 11.5 Å². The third-order valence-electron chi connectivity index (χ3n) is 5.30. The van der Waals surface area contributed by atoms with Crippen molar-refractivity contribution in [3.8, 4) is 17.0 Å². The SMILES string of the molecule is COc1ccc(N2CCN(c3ncnc4c(-c5ccccc5)nsc34)CC2)cc1. The number of piperazine rings is 1. The summed E-state index contributed by atoms with van der Waals surface area (Å²) in [4.78, 5) is 13.9. The van der Waals surface area contributed by atoms with E-state index in [1.54, 1.807) is 13.4 Å². The number of nitrogens with zero attached hydrogens (tertiary/aromatic N) is 5. The number of rotatable bonds is 4. The highest BCUT2D eigenvalue weighted by atomic mass is 32.1. The third-order valence-corrected chi connectivity index (χ3v) is 6.13. The molecule has 1 saturated heterocycles. The molecule has 0 saturated carbocycles. The first-order chi connectivity index (χ1) is 14.3.